The van der Waals surface area contributed by atoms with E-state index in [0.717, 1.165) is 32.6 Å². The van der Waals surface area contributed by atoms with Gasteiger partial charge in [0.2, 0.25) is 0 Å². The molecule has 0 aliphatic carbocycles. The minimum Gasteiger partial charge on any atom is -0.493 e. The molecule has 0 radical (unpaired) electrons. The van der Waals surface area contributed by atoms with Crippen LogP contribution in [0.25, 0.3) is 11.0 Å². The van der Waals surface area contributed by atoms with Crippen molar-refractivity contribution >= 4 is 44.2 Å². The maximum atomic E-state index is 6.07. The van der Waals surface area contributed by atoms with E-state index in [1.54, 1.807) is 7.11 Å². The molecule has 5 heteroatoms. The summed E-state index contributed by atoms with van der Waals surface area (Å²) in [4.78, 5) is 0. The summed E-state index contributed by atoms with van der Waals surface area (Å²) in [6, 6.07) is 13.5. The van der Waals surface area contributed by atoms with Crippen LogP contribution in [0, 0.1) is 0 Å². The number of furan rings is 1. The van der Waals surface area contributed by atoms with Crippen molar-refractivity contribution < 1.29 is 9.15 Å². The van der Waals surface area contributed by atoms with Crippen molar-refractivity contribution in [2.75, 3.05) is 12.4 Å². The average Bonchev–Trinajstić information content (AvgIpc) is 2.91. The van der Waals surface area contributed by atoms with Gasteiger partial charge in [0.1, 0.15) is 5.76 Å². The lowest BCUT2D eigenvalue weighted by atomic mass is 10.2. The summed E-state index contributed by atoms with van der Waals surface area (Å²) in [6.45, 7) is 0.566. The fraction of sp³-hybridized carbons (Fsp3) is 0.125. The predicted molar refractivity (Wildman–Crippen MR) is 89.2 cm³/mol. The largest absolute Gasteiger partial charge is 0.493 e. The minimum absolute atomic E-state index is 0.566. The zero-order valence-corrected chi connectivity index (χ0v) is 13.7. The van der Waals surface area contributed by atoms with Gasteiger partial charge in [0.05, 0.1) is 28.8 Å². The zero-order valence-electron chi connectivity index (χ0n) is 11.3. The Kier molecular flexibility index (Phi) is 4.08. The van der Waals surface area contributed by atoms with Crippen LogP contribution in [0.3, 0.4) is 0 Å². The second-order valence-corrected chi connectivity index (χ2v) is 5.75. The summed E-state index contributed by atoms with van der Waals surface area (Å²) in [5.41, 5.74) is 1.69. The molecule has 0 saturated heterocycles. The van der Waals surface area contributed by atoms with Gasteiger partial charge in [-0.1, -0.05) is 29.8 Å². The standard InChI is InChI=1S/C16H13BrClNO2/c1-20-14-7-2-4-10-8-11(21-16(10)14)9-19-13-6-3-5-12(18)15(13)17/h2-8,19H,9H2,1H3. The van der Waals surface area contributed by atoms with Crippen molar-refractivity contribution in [3.05, 3.63) is 57.7 Å². The molecule has 3 rings (SSSR count). The molecule has 3 aromatic rings. The first kappa shape index (κ1) is 14.3. The fourth-order valence-corrected chi connectivity index (χ4v) is 2.74. The molecular weight excluding hydrogens is 354 g/mol. The van der Waals surface area contributed by atoms with Crippen LogP contribution >= 0.6 is 27.5 Å². The van der Waals surface area contributed by atoms with Crippen molar-refractivity contribution in [1.82, 2.24) is 0 Å². The Labute approximate surface area is 136 Å². The molecule has 1 aromatic heterocycles. The number of fused-ring (bicyclic) bond motifs is 1. The third kappa shape index (κ3) is 2.87. The number of nitrogens with one attached hydrogen (secondary N) is 1. The normalized spacial score (nSPS) is 10.8. The number of methoxy groups -OCH3 is 1. The van der Waals surface area contributed by atoms with E-state index in [-0.39, 0.29) is 0 Å². The first-order chi connectivity index (χ1) is 10.2. The molecule has 2 aromatic carbocycles. The quantitative estimate of drug-likeness (QED) is 0.665. The Morgan fingerprint density at radius 2 is 2.05 bits per heavy atom. The molecule has 108 valence electrons. The first-order valence-corrected chi connectivity index (χ1v) is 7.59. The number of hydrogen-bond acceptors (Lipinski definition) is 3. The molecule has 0 saturated carbocycles. The zero-order chi connectivity index (χ0) is 14.8. The predicted octanol–water partition coefficient (Wildman–Crippen LogP) is 5.47. The lowest BCUT2D eigenvalue weighted by Crippen LogP contribution is -1.98. The molecule has 0 amide bonds. The van der Waals surface area contributed by atoms with E-state index >= 15 is 0 Å². The molecule has 0 fully saturated rings. The second-order valence-electron chi connectivity index (χ2n) is 4.55. The Balaban J connectivity index is 1.84. The van der Waals surface area contributed by atoms with E-state index in [2.05, 4.69) is 21.2 Å². The van der Waals surface area contributed by atoms with Crippen LogP contribution in [0.1, 0.15) is 5.76 Å². The van der Waals surface area contributed by atoms with Crippen LogP contribution in [0.5, 0.6) is 5.75 Å². The molecular formula is C16H13BrClNO2. The average molecular weight is 367 g/mol. The van der Waals surface area contributed by atoms with Crippen LogP contribution < -0.4 is 10.1 Å². The highest BCUT2D eigenvalue weighted by Gasteiger charge is 2.09. The highest BCUT2D eigenvalue weighted by Crippen LogP contribution is 2.32. The molecule has 0 spiro atoms. The number of hydrogen-bond donors (Lipinski definition) is 1. The Hall–Kier alpha value is -1.65. The van der Waals surface area contributed by atoms with Gasteiger partial charge in [-0.3, -0.25) is 0 Å². The van der Waals surface area contributed by atoms with Crippen LogP contribution in [-0.2, 0) is 6.54 Å². The van der Waals surface area contributed by atoms with Crippen molar-refractivity contribution in [1.29, 1.82) is 0 Å². The highest BCUT2D eigenvalue weighted by molar-refractivity contribution is 9.10. The molecule has 0 atom stereocenters. The van der Waals surface area contributed by atoms with E-state index in [1.807, 2.05) is 42.5 Å². The van der Waals surface area contributed by atoms with Crippen LogP contribution in [0.15, 0.2) is 51.4 Å². The molecule has 1 heterocycles. The number of para-hydroxylation sites is 1. The molecule has 0 aliphatic heterocycles. The van der Waals surface area contributed by atoms with Crippen molar-refractivity contribution in [2.24, 2.45) is 0 Å². The lowest BCUT2D eigenvalue weighted by Gasteiger charge is -2.07. The maximum Gasteiger partial charge on any atom is 0.176 e. The Morgan fingerprint density at radius 3 is 2.86 bits per heavy atom. The molecule has 21 heavy (non-hydrogen) atoms. The van der Waals surface area contributed by atoms with E-state index in [0.29, 0.717) is 11.6 Å². The first-order valence-electron chi connectivity index (χ1n) is 6.42. The van der Waals surface area contributed by atoms with Crippen LogP contribution in [0.2, 0.25) is 5.02 Å². The summed E-state index contributed by atoms with van der Waals surface area (Å²) in [7, 11) is 1.64. The van der Waals surface area contributed by atoms with E-state index in [4.69, 9.17) is 20.8 Å². The van der Waals surface area contributed by atoms with Gasteiger partial charge in [-0.05, 0) is 40.2 Å². The van der Waals surface area contributed by atoms with Crippen LogP contribution in [0.4, 0.5) is 5.69 Å². The summed E-state index contributed by atoms with van der Waals surface area (Å²) in [5, 5.41) is 5.00. The van der Waals surface area contributed by atoms with Gasteiger partial charge in [0.25, 0.3) is 0 Å². The van der Waals surface area contributed by atoms with E-state index < -0.39 is 0 Å². The molecule has 0 bridgehead atoms. The van der Waals surface area contributed by atoms with Gasteiger partial charge in [-0.15, -0.1) is 0 Å². The van der Waals surface area contributed by atoms with Crippen molar-refractivity contribution in [3.63, 3.8) is 0 Å². The van der Waals surface area contributed by atoms with Gasteiger partial charge >= 0.3 is 0 Å². The van der Waals surface area contributed by atoms with Gasteiger partial charge in [-0.25, -0.2) is 0 Å². The Morgan fingerprint density at radius 1 is 1.24 bits per heavy atom. The number of rotatable bonds is 4. The smallest absolute Gasteiger partial charge is 0.176 e. The van der Waals surface area contributed by atoms with Gasteiger partial charge in [-0.2, -0.15) is 0 Å². The summed E-state index contributed by atoms with van der Waals surface area (Å²) in [5.74, 6) is 1.57. The molecule has 1 N–H and O–H groups in total. The monoisotopic (exact) mass is 365 g/mol. The molecule has 0 aliphatic rings. The molecule has 0 unspecified atom stereocenters. The summed E-state index contributed by atoms with van der Waals surface area (Å²) >= 11 is 9.54. The summed E-state index contributed by atoms with van der Waals surface area (Å²) < 4.78 is 12.0. The fourth-order valence-electron chi connectivity index (χ4n) is 2.16. The van der Waals surface area contributed by atoms with Crippen molar-refractivity contribution in [3.8, 4) is 5.75 Å². The maximum absolute atomic E-state index is 6.07. The number of anilines is 1. The number of ether oxygens (including phenoxy) is 1. The lowest BCUT2D eigenvalue weighted by molar-refractivity contribution is 0.408. The van der Waals surface area contributed by atoms with Gasteiger partial charge < -0.3 is 14.5 Å². The van der Waals surface area contributed by atoms with Crippen LogP contribution in [-0.4, -0.2) is 7.11 Å². The van der Waals surface area contributed by atoms with Gasteiger partial charge in [0.15, 0.2) is 11.3 Å². The number of benzene rings is 2. The van der Waals surface area contributed by atoms with Gasteiger partial charge in [0, 0.05) is 5.39 Å². The Bertz CT molecular complexity index is 785. The second kappa shape index (κ2) is 6.00. The third-order valence-electron chi connectivity index (χ3n) is 3.18. The summed E-state index contributed by atoms with van der Waals surface area (Å²) in [6.07, 6.45) is 0. The molecule has 3 nitrogen and oxygen atoms in total. The number of halogens is 2. The van der Waals surface area contributed by atoms with E-state index in [9.17, 15) is 0 Å². The minimum atomic E-state index is 0.566. The SMILES string of the molecule is COc1cccc2cc(CNc3cccc(Cl)c3Br)oc12. The third-order valence-corrected chi connectivity index (χ3v) is 4.58. The highest BCUT2D eigenvalue weighted by atomic mass is 79.9. The topological polar surface area (TPSA) is 34.4 Å². The van der Waals surface area contributed by atoms with E-state index in [1.165, 1.54) is 0 Å². The van der Waals surface area contributed by atoms with Crippen molar-refractivity contribution in [2.45, 2.75) is 6.54 Å².